The van der Waals surface area contributed by atoms with Crippen LogP contribution < -0.4 is 14.8 Å². The highest BCUT2D eigenvalue weighted by atomic mass is 16.7. The van der Waals surface area contributed by atoms with Crippen LogP contribution in [0.5, 0.6) is 11.5 Å². The van der Waals surface area contributed by atoms with E-state index in [0.717, 1.165) is 49.8 Å². The topological polar surface area (TPSA) is 79.8 Å². The number of hydrogen-bond acceptors (Lipinski definition) is 7. The van der Waals surface area contributed by atoms with E-state index in [1.54, 1.807) is 6.20 Å². The van der Waals surface area contributed by atoms with Crippen molar-refractivity contribution in [2.75, 3.05) is 44.8 Å². The Labute approximate surface area is 158 Å². The predicted molar refractivity (Wildman–Crippen MR) is 99.9 cm³/mol. The molecule has 142 valence electrons. The summed E-state index contributed by atoms with van der Waals surface area (Å²) in [5, 5.41) is 3.21. The minimum Gasteiger partial charge on any atom is -0.454 e. The van der Waals surface area contributed by atoms with Crippen LogP contribution in [0.15, 0.2) is 30.6 Å². The molecule has 2 aliphatic heterocycles. The summed E-state index contributed by atoms with van der Waals surface area (Å²) in [6, 6.07) is 5.81. The molecule has 3 heterocycles. The minimum atomic E-state index is -0.0550. The van der Waals surface area contributed by atoms with Gasteiger partial charge in [0.1, 0.15) is 11.5 Å². The Kier molecular flexibility index (Phi) is 5.06. The van der Waals surface area contributed by atoms with E-state index in [1.165, 1.54) is 6.20 Å². The van der Waals surface area contributed by atoms with Crippen LogP contribution in [0.2, 0.25) is 0 Å². The number of rotatable bonds is 5. The van der Waals surface area contributed by atoms with Crippen LogP contribution in [0.4, 0.5) is 5.82 Å². The molecule has 0 aliphatic carbocycles. The van der Waals surface area contributed by atoms with Gasteiger partial charge in [0, 0.05) is 32.7 Å². The van der Waals surface area contributed by atoms with E-state index in [4.69, 9.17) is 9.47 Å². The second-order valence-electron chi connectivity index (χ2n) is 6.55. The van der Waals surface area contributed by atoms with Gasteiger partial charge in [-0.25, -0.2) is 9.97 Å². The number of aromatic nitrogens is 2. The Bertz CT molecular complexity index is 803. The van der Waals surface area contributed by atoms with Gasteiger partial charge in [-0.15, -0.1) is 0 Å². The van der Waals surface area contributed by atoms with Crippen LogP contribution in [0.25, 0.3) is 0 Å². The van der Waals surface area contributed by atoms with Gasteiger partial charge in [0.25, 0.3) is 5.91 Å². The van der Waals surface area contributed by atoms with E-state index in [0.29, 0.717) is 18.1 Å². The van der Waals surface area contributed by atoms with E-state index in [1.807, 2.05) is 23.1 Å². The number of benzene rings is 1. The van der Waals surface area contributed by atoms with E-state index in [-0.39, 0.29) is 12.7 Å². The van der Waals surface area contributed by atoms with Crippen LogP contribution in [-0.4, -0.2) is 65.2 Å². The van der Waals surface area contributed by atoms with Gasteiger partial charge < -0.3 is 24.6 Å². The van der Waals surface area contributed by atoms with Crippen LogP contribution in [0.3, 0.4) is 0 Å². The fraction of sp³-hybridized carbons (Fsp3) is 0.421. The molecular formula is C19H23N5O3. The molecule has 1 amide bonds. The third-order valence-corrected chi connectivity index (χ3v) is 4.89. The number of nitrogens with zero attached hydrogens (tertiary/aromatic N) is 4. The number of hydrogen-bond donors (Lipinski definition) is 1. The van der Waals surface area contributed by atoms with Crippen molar-refractivity contribution < 1.29 is 14.3 Å². The Morgan fingerprint density at radius 3 is 2.67 bits per heavy atom. The molecule has 0 spiro atoms. The molecule has 1 aromatic heterocycles. The van der Waals surface area contributed by atoms with Crippen molar-refractivity contribution in [1.82, 2.24) is 19.8 Å². The lowest BCUT2D eigenvalue weighted by Crippen LogP contribution is -2.48. The SMILES string of the molecule is CCN1CCN(C(=O)c2cnc(NCc3ccc4c(c3)OCO4)cn2)CC1. The van der Waals surface area contributed by atoms with E-state index >= 15 is 0 Å². The standard InChI is InChI=1S/C19H23N5O3/c1-2-23-5-7-24(8-6-23)19(25)15-11-22-18(12-20-15)21-10-14-3-4-16-17(9-14)27-13-26-16/h3-4,9,11-12H,2,5-8,10,13H2,1H3,(H,21,22). The summed E-state index contributed by atoms with van der Waals surface area (Å²) in [6.07, 6.45) is 3.14. The quantitative estimate of drug-likeness (QED) is 0.857. The monoisotopic (exact) mass is 369 g/mol. The lowest BCUT2D eigenvalue weighted by molar-refractivity contribution is 0.0637. The van der Waals surface area contributed by atoms with Gasteiger partial charge in [-0.3, -0.25) is 4.79 Å². The third-order valence-electron chi connectivity index (χ3n) is 4.89. The highest BCUT2D eigenvalue weighted by Gasteiger charge is 2.22. The average Bonchev–Trinajstić information content (AvgIpc) is 3.20. The lowest BCUT2D eigenvalue weighted by Gasteiger charge is -2.33. The summed E-state index contributed by atoms with van der Waals surface area (Å²) in [4.78, 5) is 25.3. The zero-order valence-corrected chi connectivity index (χ0v) is 15.4. The van der Waals surface area contributed by atoms with Gasteiger partial charge in [-0.1, -0.05) is 13.0 Å². The molecule has 8 heteroatoms. The average molecular weight is 369 g/mol. The number of nitrogens with one attached hydrogen (secondary N) is 1. The molecule has 2 aliphatic rings. The van der Waals surface area contributed by atoms with Gasteiger partial charge in [0.05, 0.1) is 12.4 Å². The first-order chi connectivity index (χ1) is 13.2. The summed E-state index contributed by atoms with van der Waals surface area (Å²) in [6.45, 7) is 7.29. The van der Waals surface area contributed by atoms with Gasteiger partial charge >= 0.3 is 0 Å². The van der Waals surface area contributed by atoms with Crippen molar-refractivity contribution in [1.29, 1.82) is 0 Å². The van der Waals surface area contributed by atoms with Crippen molar-refractivity contribution >= 4 is 11.7 Å². The van der Waals surface area contributed by atoms with Crippen molar-refractivity contribution in [3.63, 3.8) is 0 Å². The molecule has 0 unspecified atom stereocenters. The summed E-state index contributed by atoms with van der Waals surface area (Å²) >= 11 is 0. The van der Waals surface area contributed by atoms with Crippen molar-refractivity contribution in [3.8, 4) is 11.5 Å². The molecule has 1 fully saturated rings. The number of likely N-dealkylation sites (N-methyl/N-ethyl adjacent to an activating group) is 1. The van der Waals surface area contributed by atoms with Crippen LogP contribution >= 0.6 is 0 Å². The Morgan fingerprint density at radius 1 is 1.11 bits per heavy atom. The first kappa shape index (κ1) is 17.5. The number of amides is 1. The maximum absolute atomic E-state index is 12.6. The first-order valence-corrected chi connectivity index (χ1v) is 9.19. The maximum atomic E-state index is 12.6. The molecule has 0 radical (unpaired) electrons. The van der Waals surface area contributed by atoms with Gasteiger partial charge in [0.15, 0.2) is 11.5 Å². The number of fused-ring (bicyclic) bond motifs is 1. The normalized spacial score (nSPS) is 16.4. The summed E-state index contributed by atoms with van der Waals surface area (Å²) in [7, 11) is 0. The lowest BCUT2D eigenvalue weighted by atomic mass is 10.2. The fourth-order valence-corrected chi connectivity index (χ4v) is 3.20. The number of carbonyl (C=O) groups excluding carboxylic acids is 1. The second-order valence-corrected chi connectivity index (χ2v) is 6.55. The Balaban J connectivity index is 1.33. The highest BCUT2D eigenvalue weighted by molar-refractivity contribution is 5.92. The maximum Gasteiger partial charge on any atom is 0.274 e. The Morgan fingerprint density at radius 2 is 1.93 bits per heavy atom. The van der Waals surface area contributed by atoms with Crippen LogP contribution in [0.1, 0.15) is 23.0 Å². The minimum absolute atomic E-state index is 0.0550. The smallest absolute Gasteiger partial charge is 0.274 e. The van der Waals surface area contributed by atoms with Crippen LogP contribution in [-0.2, 0) is 6.54 Å². The van der Waals surface area contributed by atoms with E-state index in [9.17, 15) is 4.79 Å². The molecule has 1 saturated heterocycles. The highest BCUT2D eigenvalue weighted by Crippen LogP contribution is 2.32. The number of anilines is 1. The molecule has 8 nitrogen and oxygen atoms in total. The fourth-order valence-electron chi connectivity index (χ4n) is 3.20. The molecule has 27 heavy (non-hydrogen) atoms. The largest absolute Gasteiger partial charge is 0.454 e. The van der Waals surface area contributed by atoms with Gasteiger partial charge in [0.2, 0.25) is 6.79 Å². The summed E-state index contributed by atoms with van der Waals surface area (Å²) in [5.74, 6) is 2.09. The zero-order valence-electron chi connectivity index (χ0n) is 15.4. The molecule has 1 aromatic carbocycles. The van der Waals surface area contributed by atoms with Gasteiger partial charge in [-0.05, 0) is 24.2 Å². The summed E-state index contributed by atoms with van der Waals surface area (Å²) in [5.41, 5.74) is 1.43. The van der Waals surface area contributed by atoms with Crippen LogP contribution in [0, 0.1) is 0 Å². The van der Waals surface area contributed by atoms with Crippen molar-refractivity contribution in [2.24, 2.45) is 0 Å². The molecule has 4 rings (SSSR count). The molecule has 2 aromatic rings. The second kappa shape index (κ2) is 7.79. The zero-order chi connectivity index (χ0) is 18.6. The molecule has 1 N–H and O–H groups in total. The predicted octanol–water partition coefficient (Wildman–Crippen LogP) is 1.60. The summed E-state index contributed by atoms with van der Waals surface area (Å²) < 4.78 is 10.7. The van der Waals surface area contributed by atoms with Crippen molar-refractivity contribution in [2.45, 2.75) is 13.5 Å². The molecule has 0 atom stereocenters. The van der Waals surface area contributed by atoms with Gasteiger partial charge in [-0.2, -0.15) is 0 Å². The van der Waals surface area contributed by atoms with Crippen molar-refractivity contribution in [3.05, 3.63) is 41.9 Å². The van der Waals surface area contributed by atoms with E-state index < -0.39 is 0 Å². The number of ether oxygens (including phenoxy) is 2. The number of carbonyl (C=O) groups is 1. The third kappa shape index (κ3) is 3.95. The molecule has 0 saturated carbocycles. The molecule has 0 bridgehead atoms. The first-order valence-electron chi connectivity index (χ1n) is 9.19. The Hall–Kier alpha value is -2.87. The number of piperazine rings is 1. The molecular weight excluding hydrogens is 346 g/mol. The van der Waals surface area contributed by atoms with E-state index in [2.05, 4.69) is 27.1 Å².